The van der Waals surface area contributed by atoms with Gasteiger partial charge in [0.1, 0.15) is 16.9 Å². The molecule has 0 N–H and O–H groups in total. The molecule has 4 heterocycles. The van der Waals surface area contributed by atoms with Gasteiger partial charge in [0.05, 0.1) is 24.9 Å². The first-order valence-electron chi connectivity index (χ1n) is 12.4. The molecule has 35 heavy (non-hydrogen) atoms. The maximum absolute atomic E-state index is 13.4. The third-order valence-electron chi connectivity index (χ3n) is 6.94. The third-order valence-corrected chi connectivity index (χ3v) is 6.94. The normalized spacial score (nSPS) is 16.3. The van der Waals surface area contributed by atoms with Gasteiger partial charge in [0, 0.05) is 50.4 Å². The molecule has 1 amide bonds. The van der Waals surface area contributed by atoms with Crippen molar-refractivity contribution in [2.75, 3.05) is 33.9 Å². The second kappa shape index (κ2) is 9.70. The molecule has 184 valence electrons. The predicted molar refractivity (Wildman–Crippen MR) is 137 cm³/mol. The van der Waals surface area contributed by atoms with Crippen molar-refractivity contribution in [3.63, 3.8) is 0 Å². The van der Waals surface area contributed by atoms with Crippen molar-refractivity contribution in [1.82, 2.24) is 24.0 Å². The van der Waals surface area contributed by atoms with Gasteiger partial charge >= 0.3 is 0 Å². The summed E-state index contributed by atoms with van der Waals surface area (Å²) in [4.78, 5) is 25.0. The molecule has 0 radical (unpaired) electrons. The van der Waals surface area contributed by atoms with Crippen LogP contribution in [0.25, 0.3) is 33.6 Å². The minimum atomic E-state index is 0.0385. The van der Waals surface area contributed by atoms with Gasteiger partial charge in [-0.25, -0.2) is 9.97 Å². The number of benzene rings is 1. The van der Waals surface area contributed by atoms with E-state index in [2.05, 4.69) is 40.1 Å². The molecule has 5 rings (SSSR count). The SMILES string of the molecule is CCn1c(-c2nc3cc(C(=O)N4CCCC(C)C4)cc(OC)c3n2CCOC)cc2cccnc21. The summed E-state index contributed by atoms with van der Waals surface area (Å²) in [5.74, 6) is 2.01. The number of nitrogens with zero attached hydrogens (tertiary/aromatic N) is 5. The minimum absolute atomic E-state index is 0.0385. The van der Waals surface area contributed by atoms with E-state index < -0.39 is 0 Å². The van der Waals surface area contributed by atoms with Gasteiger partial charge in [0.25, 0.3) is 5.91 Å². The molecule has 1 aliphatic heterocycles. The van der Waals surface area contributed by atoms with E-state index in [1.54, 1.807) is 14.2 Å². The summed E-state index contributed by atoms with van der Waals surface area (Å²) in [6, 6.07) is 9.91. The van der Waals surface area contributed by atoms with E-state index in [0.29, 0.717) is 30.4 Å². The van der Waals surface area contributed by atoms with Crippen molar-refractivity contribution in [1.29, 1.82) is 0 Å². The van der Waals surface area contributed by atoms with Crippen LogP contribution in [0.5, 0.6) is 5.75 Å². The fraction of sp³-hybridized carbons (Fsp3) is 0.444. The Morgan fingerprint density at radius 2 is 2.06 bits per heavy atom. The first-order chi connectivity index (χ1) is 17.0. The van der Waals surface area contributed by atoms with Crippen molar-refractivity contribution in [2.45, 2.75) is 39.8 Å². The van der Waals surface area contributed by atoms with E-state index in [1.807, 2.05) is 29.3 Å². The molecule has 8 nitrogen and oxygen atoms in total. The van der Waals surface area contributed by atoms with Gasteiger partial charge in [0.2, 0.25) is 0 Å². The number of hydrogen-bond donors (Lipinski definition) is 0. The summed E-state index contributed by atoms with van der Waals surface area (Å²) in [5.41, 5.74) is 4.13. The molecule has 0 bridgehead atoms. The van der Waals surface area contributed by atoms with Crippen molar-refractivity contribution < 1.29 is 14.3 Å². The largest absolute Gasteiger partial charge is 0.494 e. The minimum Gasteiger partial charge on any atom is -0.494 e. The summed E-state index contributed by atoms with van der Waals surface area (Å²) in [5, 5.41) is 1.07. The van der Waals surface area contributed by atoms with E-state index in [4.69, 9.17) is 14.5 Å². The number of fused-ring (bicyclic) bond motifs is 2. The Morgan fingerprint density at radius 3 is 2.80 bits per heavy atom. The number of aromatic nitrogens is 4. The van der Waals surface area contributed by atoms with Crippen molar-refractivity contribution in [2.24, 2.45) is 5.92 Å². The Hall–Kier alpha value is -3.39. The summed E-state index contributed by atoms with van der Waals surface area (Å²) in [6.45, 7) is 7.78. The van der Waals surface area contributed by atoms with Crippen LogP contribution < -0.4 is 4.74 Å². The van der Waals surface area contributed by atoms with Crippen LogP contribution >= 0.6 is 0 Å². The van der Waals surface area contributed by atoms with Gasteiger partial charge in [-0.15, -0.1) is 0 Å². The van der Waals surface area contributed by atoms with Crippen LogP contribution in [-0.2, 0) is 17.8 Å². The lowest BCUT2D eigenvalue weighted by atomic mass is 9.99. The van der Waals surface area contributed by atoms with Gasteiger partial charge in [-0.1, -0.05) is 6.92 Å². The molecule has 1 aromatic carbocycles. The van der Waals surface area contributed by atoms with Gasteiger partial charge in [-0.05, 0) is 56.0 Å². The zero-order chi connectivity index (χ0) is 24.5. The standard InChI is InChI=1S/C27H33N5O3/c1-5-31-22(15-19-9-6-10-28-25(19)31)26-29-21-14-20(27(33)30-11-7-8-18(2)17-30)16-23(35-4)24(21)32(26)12-13-34-3/h6,9-10,14-16,18H,5,7-8,11-13,17H2,1-4H3. The molecule has 0 saturated carbocycles. The lowest BCUT2D eigenvalue weighted by Gasteiger charge is -2.31. The van der Waals surface area contributed by atoms with Gasteiger partial charge in [0.15, 0.2) is 5.82 Å². The summed E-state index contributed by atoms with van der Waals surface area (Å²) < 4.78 is 15.6. The van der Waals surface area contributed by atoms with E-state index in [1.165, 1.54) is 6.42 Å². The number of carbonyl (C=O) groups is 1. The molecule has 1 fully saturated rings. The lowest BCUT2D eigenvalue weighted by molar-refractivity contribution is 0.0683. The fourth-order valence-electron chi connectivity index (χ4n) is 5.25. The fourth-order valence-corrected chi connectivity index (χ4v) is 5.25. The molecule has 8 heteroatoms. The Labute approximate surface area is 205 Å². The Balaban J connectivity index is 1.68. The predicted octanol–water partition coefficient (Wildman–Crippen LogP) is 4.60. The van der Waals surface area contributed by atoms with Gasteiger partial charge < -0.3 is 23.5 Å². The van der Waals surface area contributed by atoms with Crippen LogP contribution in [0, 0.1) is 5.92 Å². The maximum atomic E-state index is 13.4. The number of imidazole rings is 1. The van der Waals surface area contributed by atoms with Gasteiger partial charge in [-0.2, -0.15) is 0 Å². The average molecular weight is 476 g/mol. The molecular formula is C27H33N5O3. The van der Waals surface area contributed by atoms with Crippen LogP contribution in [0.3, 0.4) is 0 Å². The molecular weight excluding hydrogens is 442 g/mol. The highest BCUT2D eigenvalue weighted by atomic mass is 16.5. The highest BCUT2D eigenvalue weighted by molar-refractivity contribution is 6.00. The average Bonchev–Trinajstić information content (AvgIpc) is 3.44. The number of amides is 1. The van der Waals surface area contributed by atoms with Crippen molar-refractivity contribution in [3.8, 4) is 17.3 Å². The maximum Gasteiger partial charge on any atom is 0.254 e. The summed E-state index contributed by atoms with van der Waals surface area (Å²) in [6.07, 6.45) is 4.02. The van der Waals surface area contributed by atoms with Crippen LogP contribution in [0.15, 0.2) is 36.5 Å². The number of piperidine rings is 1. The molecule has 1 atom stereocenters. The van der Waals surface area contributed by atoms with E-state index in [0.717, 1.165) is 59.6 Å². The number of rotatable bonds is 7. The number of carbonyl (C=O) groups excluding carboxylic acids is 1. The smallest absolute Gasteiger partial charge is 0.254 e. The first-order valence-corrected chi connectivity index (χ1v) is 12.4. The molecule has 1 aliphatic rings. The van der Waals surface area contributed by atoms with Crippen LogP contribution in [-0.4, -0.2) is 63.8 Å². The number of likely N-dealkylation sites (tertiary alicyclic amines) is 1. The number of methoxy groups -OCH3 is 2. The number of ether oxygens (including phenoxy) is 2. The third kappa shape index (κ3) is 4.16. The number of pyridine rings is 1. The monoisotopic (exact) mass is 475 g/mol. The van der Waals surface area contributed by atoms with Crippen molar-refractivity contribution >= 4 is 28.0 Å². The van der Waals surface area contributed by atoms with Gasteiger partial charge in [-0.3, -0.25) is 4.79 Å². The van der Waals surface area contributed by atoms with Crippen molar-refractivity contribution in [3.05, 3.63) is 42.1 Å². The zero-order valence-corrected chi connectivity index (χ0v) is 21.0. The highest BCUT2D eigenvalue weighted by Gasteiger charge is 2.26. The molecule has 4 aromatic rings. The van der Waals surface area contributed by atoms with Crippen LogP contribution in [0.4, 0.5) is 0 Å². The molecule has 1 saturated heterocycles. The Bertz CT molecular complexity index is 1370. The molecule has 3 aromatic heterocycles. The highest BCUT2D eigenvalue weighted by Crippen LogP contribution is 2.35. The van der Waals surface area contributed by atoms with Crippen LogP contribution in [0.1, 0.15) is 37.0 Å². The zero-order valence-electron chi connectivity index (χ0n) is 21.0. The summed E-state index contributed by atoms with van der Waals surface area (Å²) in [7, 11) is 3.34. The second-order valence-electron chi connectivity index (χ2n) is 9.31. The molecule has 1 unspecified atom stereocenters. The van der Waals surface area contributed by atoms with Crippen LogP contribution in [0.2, 0.25) is 0 Å². The summed E-state index contributed by atoms with van der Waals surface area (Å²) >= 11 is 0. The lowest BCUT2D eigenvalue weighted by Crippen LogP contribution is -2.39. The van der Waals surface area contributed by atoms with E-state index in [-0.39, 0.29) is 5.91 Å². The number of hydrogen-bond acceptors (Lipinski definition) is 5. The second-order valence-corrected chi connectivity index (χ2v) is 9.31. The van der Waals surface area contributed by atoms with E-state index in [9.17, 15) is 4.79 Å². The number of aryl methyl sites for hydroxylation is 1. The molecule has 0 spiro atoms. The van der Waals surface area contributed by atoms with E-state index >= 15 is 0 Å². The quantitative estimate of drug-likeness (QED) is 0.391. The molecule has 0 aliphatic carbocycles. The Morgan fingerprint density at radius 1 is 1.20 bits per heavy atom. The Kier molecular flexibility index (Phi) is 6.47. The topological polar surface area (TPSA) is 74.4 Å². The first kappa shape index (κ1) is 23.4.